The molecule has 0 spiro atoms. The topological polar surface area (TPSA) is 21.7 Å². The monoisotopic (exact) mass is 175 g/mol. The minimum absolute atomic E-state index is 0.334. The average molecular weight is 175 g/mol. The molecule has 74 valence electrons. The fraction of sp³-hybridized carbons (Fsp3) is 1.00. The third-order valence-corrected chi connectivity index (χ3v) is 1.60. The Bertz CT molecular complexity index is 96.5. The molecule has 0 radical (unpaired) electrons. The second-order valence-corrected chi connectivity index (χ2v) is 3.22. The molecule has 0 aliphatic rings. The number of ether oxygens (including phenoxy) is 2. The Morgan fingerprint density at radius 2 is 1.75 bits per heavy atom. The molecule has 0 fully saturated rings. The maximum Gasteiger partial charge on any atom is 0.0596 e. The van der Waals surface area contributed by atoms with Gasteiger partial charge in [0.05, 0.1) is 19.3 Å². The maximum absolute atomic E-state index is 5.41. The summed E-state index contributed by atoms with van der Waals surface area (Å²) in [4.78, 5) is 2.20. The van der Waals surface area contributed by atoms with E-state index in [0.717, 1.165) is 26.3 Å². The first-order valence-corrected chi connectivity index (χ1v) is 4.46. The van der Waals surface area contributed by atoms with Crippen LogP contribution < -0.4 is 0 Å². The molecule has 0 aromatic heterocycles. The van der Waals surface area contributed by atoms with E-state index in [9.17, 15) is 0 Å². The average Bonchev–Trinajstić information content (AvgIpc) is 2.00. The SMILES string of the molecule is COCCN(C)CCOC(C)C. The fourth-order valence-electron chi connectivity index (χ4n) is 0.803. The molecule has 0 bridgehead atoms. The number of hydrogen-bond acceptors (Lipinski definition) is 3. The number of hydrogen-bond donors (Lipinski definition) is 0. The number of likely N-dealkylation sites (N-methyl/N-ethyl adjacent to an activating group) is 1. The van der Waals surface area contributed by atoms with Gasteiger partial charge in [-0.2, -0.15) is 0 Å². The lowest BCUT2D eigenvalue weighted by Gasteiger charge is -2.16. The van der Waals surface area contributed by atoms with Gasteiger partial charge in [-0.3, -0.25) is 0 Å². The van der Waals surface area contributed by atoms with Crippen LogP contribution in [0.4, 0.5) is 0 Å². The Morgan fingerprint density at radius 3 is 2.25 bits per heavy atom. The van der Waals surface area contributed by atoms with Crippen LogP contribution in [0.25, 0.3) is 0 Å². The molecular formula is C9H21NO2. The van der Waals surface area contributed by atoms with Gasteiger partial charge in [-0.05, 0) is 20.9 Å². The van der Waals surface area contributed by atoms with Gasteiger partial charge < -0.3 is 14.4 Å². The predicted molar refractivity (Wildman–Crippen MR) is 50.5 cm³/mol. The van der Waals surface area contributed by atoms with E-state index in [-0.39, 0.29) is 0 Å². The zero-order valence-electron chi connectivity index (χ0n) is 8.67. The van der Waals surface area contributed by atoms with Gasteiger partial charge in [0.1, 0.15) is 0 Å². The van der Waals surface area contributed by atoms with E-state index in [0.29, 0.717) is 6.10 Å². The predicted octanol–water partition coefficient (Wildman–Crippen LogP) is 0.990. The highest BCUT2D eigenvalue weighted by molar-refractivity contribution is 4.49. The smallest absolute Gasteiger partial charge is 0.0596 e. The van der Waals surface area contributed by atoms with Crippen molar-refractivity contribution in [3.63, 3.8) is 0 Å². The van der Waals surface area contributed by atoms with Gasteiger partial charge in [0.25, 0.3) is 0 Å². The summed E-state index contributed by atoms with van der Waals surface area (Å²) in [5.41, 5.74) is 0. The number of rotatable bonds is 7. The second-order valence-electron chi connectivity index (χ2n) is 3.22. The van der Waals surface area contributed by atoms with Crippen LogP contribution in [0.1, 0.15) is 13.8 Å². The highest BCUT2D eigenvalue weighted by Gasteiger charge is 1.98. The molecule has 0 atom stereocenters. The molecule has 0 heterocycles. The van der Waals surface area contributed by atoms with Crippen molar-refractivity contribution in [3.05, 3.63) is 0 Å². The van der Waals surface area contributed by atoms with Gasteiger partial charge in [0.15, 0.2) is 0 Å². The molecule has 0 N–H and O–H groups in total. The Morgan fingerprint density at radius 1 is 1.17 bits per heavy atom. The number of methoxy groups -OCH3 is 1. The first-order chi connectivity index (χ1) is 5.66. The van der Waals surface area contributed by atoms with E-state index in [1.54, 1.807) is 7.11 Å². The summed E-state index contributed by atoms with van der Waals surface area (Å²) in [7, 11) is 3.79. The third-order valence-electron chi connectivity index (χ3n) is 1.60. The summed E-state index contributed by atoms with van der Waals surface area (Å²) in [6.07, 6.45) is 0.334. The molecule has 0 rings (SSSR count). The van der Waals surface area contributed by atoms with Crippen molar-refractivity contribution >= 4 is 0 Å². The van der Waals surface area contributed by atoms with Crippen LogP contribution in [-0.4, -0.2) is 51.5 Å². The van der Waals surface area contributed by atoms with Gasteiger partial charge in [-0.25, -0.2) is 0 Å². The summed E-state index contributed by atoms with van der Waals surface area (Å²) in [5.74, 6) is 0. The molecular weight excluding hydrogens is 154 g/mol. The van der Waals surface area contributed by atoms with Crippen molar-refractivity contribution < 1.29 is 9.47 Å². The highest BCUT2D eigenvalue weighted by Crippen LogP contribution is 1.89. The molecule has 0 amide bonds. The fourth-order valence-corrected chi connectivity index (χ4v) is 0.803. The molecule has 3 nitrogen and oxygen atoms in total. The molecule has 0 unspecified atom stereocenters. The Hall–Kier alpha value is -0.120. The van der Waals surface area contributed by atoms with Crippen LogP contribution >= 0.6 is 0 Å². The quantitative estimate of drug-likeness (QED) is 0.576. The molecule has 0 aliphatic carbocycles. The molecule has 12 heavy (non-hydrogen) atoms. The molecule has 0 aliphatic heterocycles. The lowest BCUT2D eigenvalue weighted by Crippen LogP contribution is -2.27. The van der Waals surface area contributed by atoms with E-state index in [4.69, 9.17) is 9.47 Å². The standard InChI is InChI=1S/C9H21NO2/c1-9(2)12-8-6-10(3)5-7-11-4/h9H,5-8H2,1-4H3. The molecule has 0 saturated heterocycles. The van der Waals surface area contributed by atoms with Gasteiger partial charge >= 0.3 is 0 Å². The van der Waals surface area contributed by atoms with E-state index in [1.165, 1.54) is 0 Å². The van der Waals surface area contributed by atoms with Crippen LogP contribution in [0, 0.1) is 0 Å². The van der Waals surface area contributed by atoms with Gasteiger partial charge in [-0.1, -0.05) is 0 Å². The van der Waals surface area contributed by atoms with Crippen LogP contribution in [0.15, 0.2) is 0 Å². The van der Waals surface area contributed by atoms with E-state index >= 15 is 0 Å². The first-order valence-electron chi connectivity index (χ1n) is 4.46. The summed E-state index contributed by atoms with van der Waals surface area (Å²) >= 11 is 0. The summed E-state index contributed by atoms with van der Waals surface area (Å²) < 4.78 is 10.4. The lowest BCUT2D eigenvalue weighted by atomic mass is 10.5. The summed E-state index contributed by atoms with van der Waals surface area (Å²) in [5, 5.41) is 0. The van der Waals surface area contributed by atoms with E-state index in [2.05, 4.69) is 25.8 Å². The summed E-state index contributed by atoms with van der Waals surface area (Å²) in [6, 6.07) is 0. The van der Waals surface area contributed by atoms with Crippen molar-refractivity contribution in [1.29, 1.82) is 0 Å². The van der Waals surface area contributed by atoms with Crippen molar-refractivity contribution in [1.82, 2.24) is 4.90 Å². The van der Waals surface area contributed by atoms with Crippen molar-refractivity contribution in [2.24, 2.45) is 0 Å². The summed E-state index contributed by atoms with van der Waals surface area (Å²) in [6.45, 7) is 7.64. The van der Waals surface area contributed by atoms with Crippen LogP contribution in [0.5, 0.6) is 0 Å². The second kappa shape index (κ2) is 7.53. The molecule has 0 aromatic carbocycles. The normalized spacial score (nSPS) is 11.5. The van der Waals surface area contributed by atoms with Crippen molar-refractivity contribution in [3.8, 4) is 0 Å². The Balaban J connectivity index is 3.13. The van der Waals surface area contributed by atoms with Gasteiger partial charge in [0.2, 0.25) is 0 Å². The molecule has 0 saturated carbocycles. The van der Waals surface area contributed by atoms with Gasteiger partial charge in [0, 0.05) is 20.2 Å². The van der Waals surface area contributed by atoms with E-state index in [1.807, 2.05) is 0 Å². The minimum Gasteiger partial charge on any atom is -0.383 e. The maximum atomic E-state index is 5.41. The van der Waals surface area contributed by atoms with Crippen LogP contribution in [-0.2, 0) is 9.47 Å². The van der Waals surface area contributed by atoms with Crippen molar-refractivity contribution in [2.75, 3.05) is 40.5 Å². The highest BCUT2D eigenvalue weighted by atomic mass is 16.5. The number of nitrogens with zero attached hydrogens (tertiary/aromatic N) is 1. The molecule has 3 heteroatoms. The Kier molecular flexibility index (Phi) is 7.45. The van der Waals surface area contributed by atoms with Crippen molar-refractivity contribution in [2.45, 2.75) is 20.0 Å². The first kappa shape index (κ1) is 11.9. The van der Waals surface area contributed by atoms with Gasteiger partial charge in [-0.15, -0.1) is 0 Å². The minimum atomic E-state index is 0.334. The zero-order valence-corrected chi connectivity index (χ0v) is 8.67. The third kappa shape index (κ3) is 7.98. The largest absolute Gasteiger partial charge is 0.383 e. The lowest BCUT2D eigenvalue weighted by molar-refractivity contribution is 0.0586. The van der Waals surface area contributed by atoms with Crippen LogP contribution in [0.2, 0.25) is 0 Å². The van der Waals surface area contributed by atoms with Crippen LogP contribution in [0.3, 0.4) is 0 Å². The molecule has 0 aromatic rings. The zero-order chi connectivity index (χ0) is 9.40. The Labute approximate surface area is 75.6 Å². The van der Waals surface area contributed by atoms with E-state index < -0.39 is 0 Å².